The second kappa shape index (κ2) is 11.1. The molecule has 5 rings (SSSR count). The van der Waals surface area contributed by atoms with Crippen molar-refractivity contribution in [2.45, 2.75) is 52.4 Å². The normalized spacial score (nSPS) is 11.8. The second-order valence-electron chi connectivity index (χ2n) is 12.6. The van der Waals surface area contributed by atoms with Crippen LogP contribution in [0.15, 0.2) is 121 Å². The molecule has 0 fully saturated rings. The Morgan fingerprint density at radius 1 is 0.375 bits per heavy atom. The Balaban J connectivity index is 1.40. The molecule has 40 heavy (non-hydrogen) atoms. The van der Waals surface area contributed by atoms with E-state index in [4.69, 9.17) is 0 Å². The van der Waals surface area contributed by atoms with Crippen molar-refractivity contribution in [3.05, 3.63) is 132 Å². The summed E-state index contributed by atoms with van der Waals surface area (Å²) in [6.07, 6.45) is 0. The van der Waals surface area contributed by atoms with E-state index < -0.39 is 0 Å². The first kappa shape index (κ1) is 27.3. The van der Waals surface area contributed by atoms with Gasteiger partial charge in [0, 0.05) is 22.7 Å². The first-order valence-corrected chi connectivity index (χ1v) is 14.1. The molecule has 2 nitrogen and oxygen atoms in total. The van der Waals surface area contributed by atoms with Gasteiger partial charge in [0.25, 0.3) is 0 Å². The van der Waals surface area contributed by atoms with Crippen LogP contribution in [-0.2, 0) is 10.8 Å². The van der Waals surface area contributed by atoms with E-state index in [1.165, 1.54) is 33.4 Å². The Bertz CT molecular complexity index is 1550. The van der Waals surface area contributed by atoms with E-state index in [9.17, 15) is 0 Å². The van der Waals surface area contributed by atoms with Crippen LogP contribution in [0.25, 0.3) is 22.3 Å². The van der Waals surface area contributed by atoms with E-state index in [-0.39, 0.29) is 10.8 Å². The van der Waals surface area contributed by atoms with Gasteiger partial charge in [0.2, 0.25) is 0 Å². The molecule has 0 bridgehead atoms. The number of nitrogens with one attached hydrogen (secondary N) is 2. The fourth-order valence-corrected chi connectivity index (χ4v) is 4.90. The van der Waals surface area contributed by atoms with Crippen LogP contribution < -0.4 is 10.6 Å². The Kier molecular flexibility index (Phi) is 7.54. The maximum Gasteiger partial charge on any atom is 0.0390 e. The summed E-state index contributed by atoms with van der Waals surface area (Å²) in [7, 11) is 0. The lowest BCUT2D eigenvalue weighted by Gasteiger charge is -2.20. The van der Waals surface area contributed by atoms with Gasteiger partial charge in [-0.25, -0.2) is 0 Å². The molecule has 0 amide bonds. The highest BCUT2D eigenvalue weighted by atomic mass is 14.9. The fraction of sp³-hybridized carbons (Fsp3) is 0.211. The molecule has 0 heterocycles. The molecular weight excluding hydrogens is 484 g/mol. The van der Waals surface area contributed by atoms with Gasteiger partial charge in [-0.2, -0.15) is 0 Å². The minimum atomic E-state index is 0.141. The van der Waals surface area contributed by atoms with Gasteiger partial charge in [-0.15, -0.1) is 0 Å². The molecule has 0 radical (unpaired) electrons. The maximum absolute atomic E-state index is 3.61. The molecule has 0 atom stereocenters. The van der Waals surface area contributed by atoms with E-state index in [0.29, 0.717) is 0 Å². The second-order valence-corrected chi connectivity index (χ2v) is 12.6. The fourth-order valence-electron chi connectivity index (χ4n) is 4.90. The molecule has 0 aliphatic heterocycles. The average Bonchev–Trinajstić information content (AvgIpc) is 2.94. The third-order valence-corrected chi connectivity index (χ3v) is 7.38. The number of hydrogen-bond donors (Lipinski definition) is 2. The topological polar surface area (TPSA) is 24.1 Å². The Labute approximate surface area is 240 Å². The largest absolute Gasteiger partial charge is 0.356 e. The Hall–Kier alpha value is -4.30. The van der Waals surface area contributed by atoms with Crippen molar-refractivity contribution < 1.29 is 0 Å². The smallest absolute Gasteiger partial charge is 0.0390 e. The number of hydrogen-bond acceptors (Lipinski definition) is 2. The lowest BCUT2D eigenvalue weighted by atomic mass is 9.87. The Morgan fingerprint density at radius 3 is 1.25 bits per heavy atom. The lowest BCUT2D eigenvalue weighted by Crippen LogP contribution is -2.10. The van der Waals surface area contributed by atoms with Gasteiger partial charge < -0.3 is 10.6 Å². The highest BCUT2D eigenvalue weighted by molar-refractivity contribution is 5.87. The summed E-state index contributed by atoms with van der Waals surface area (Å²) >= 11 is 0. The predicted octanol–water partition coefficient (Wildman–Crippen LogP) is 11.1. The van der Waals surface area contributed by atoms with Crippen molar-refractivity contribution in [3.63, 3.8) is 0 Å². The van der Waals surface area contributed by atoms with Crippen molar-refractivity contribution in [2.75, 3.05) is 10.6 Å². The molecule has 5 aromatic carbocycles. The van der Waals surface area contributed by atoms with Crippen LogP contribution in [0.4, 0.5) is 22.7 Å². The predicted molar refractivity (Wildman–Crippen MR) is 174 cm³/mol. The molecule has 0 aliphatic carbocycles. The van der Waals surface area contributed by atoms with Crippen molar-refractivity contribution in [1.29, 1.82) is 0 Å². The van der Waals surface area contributed by atoms with E-state index in [0.717, 1.165) is 22.7 Å². The first-order chi connectivity index (χ1) is 19.1. The van der Waals surface area contributed by atoms with Gasteiger partial charge in [-0.05, 0) is 92.7 Å². The molecule has 2 N–H and O–H groups in total. The van der Waals surface area contributed by atoms with Crippen LogP contribution in [0, 0.1) is 0 Å². The highest BCUT2D eigenvalue weighted by Crippen LogP contribution is 2.36. The summed E-state index contributed by atoms with van der Waals surface area (Å²) in [4.78, 5) is 0. The standard InChI is InChI=1S/C38H40N2/c1-37(2,3)29-14-20-32(21-15-29)39-31-18-12-28(13-19-31)35-25-24-34(26-36(35)27-10-8-7-9-11-27)40-33-22-16-30(17-23-33)38(4,5)6/h7-26,39-40H,1-6H3. The number of benzene rings is 5. The summed E-state index contributed by atoms with van der Waals surface area (Å²) in [5.74, 6) is 0. The van der Waals surface area contributed by atoms with Crippen LogP contribution in [0.2, 0.25) is 0 Å². The van der Waals surface area contributed by atoms with E-state index in [1.807, 2.05) is 0 Å². The van der Waals surface area contributed by atoms with Gasteiger partial charge in [-0.1, -0.05) is 114 Å². The molecular formula is C38H40N2. The van der Waals surface area contributed by atoms with Gasteiger partial charge in [0.15, 0.2) is 0 Å². The highest BCUT2D eigenvalue weighted by Gasteiger charge is 2.14. The van der Waals surface area contributed by atoms with Crippen molar-refractivity contribution >= 4 is 22.7 Å². The zero-order chi connectivity index (χ0) is 28.3. The summed E-state index contributed by atoms with van der Waals surface area (Å²) in [6.45, 7) is 13.5. The number of rotatable bonds is 6. The number of anilines is 4. The summed E-state index contributed by atoms with van der Waals surface area (Å²) in [6, 6.07) is 43.5. The average molecular weight is 525 g/mol. The van der Waals surface area contributed by atoms with Gasteiger partial charge in [0.1, 0.15) is 0 Å². The quantitative estimate of drug-likeness (QED) is 0.231. The monoisotopic (exact) mass is 524 g/mol. The molecule has 0 saturated heterocycles. The minimum Gasteiger partial charge on any atom is -0.356 e. The van der Waals surface area contributed by atoms with E-state index in [1.54, 1.807) is 0 Å². The molecule has 0 aliphatic rings. The molecule has 0 saturated carbocycles. The molecule has 0 unspecified atom stereocenters. The molecule has 5 aromatic rings. The zero-order valence-electron chi connectivity index (χ0n) is 24.5. The van der Waals surface area contributed by atoms with Crippen molar-refractivity contribution in [1.82, 2.24) is 0 Å². The first-order valence-electron chi connectivity index (χ1n) is 14.1. The van der Waals surface area contributed by atoms with Gasteiger partial charge >= 0.3 is 0 Å². The van der Waals surface area contributed by atoms with Crippen LogP contribution in [0.3, 0.4) is 0 Å². The summed E-state index contributed by atoms with van der Waals surface area (Å²) in [5.41, 5.74) is 12.1. The minimum absolute atomic E-state index is 0.141. The van der Waals surface area contributed by atoms with Crippen LogP contribution in [0.5, 0.6) is 0 Å². The Morgan fingerprint density at radius 2 is 0.775 bits per heavy atom. The third kappa shape index (κ3) is 6.46. The van der Waals surface area contributed by atoms with Crippen molar-refractivity contribution in [3.8, 4) is 22.3 Å². The van der Waals surface area contributed by atoms with E-state index >= 15 is 0 Å². The molecule has 2 heteroatoms. The van der Waals surface area contributed by atoms with Gasteiger partial charge in [-0.3, -0.25) is 0 Å². The van der Waals surface area contributed by atoms with Crippen LogP contribution in [-0.4, -0.2) is 0 Å². The molecule has 202 valence electrons. The third-order valence-electron chi connectivity index (χ3n) is 7.38. The maximum atomic E-state index is 3.61. The van der Waals surface area contributed by atoms with Gasteiger partial charge in [0.05, 0.1) is 0 Å². The zero-order valence-corrected chi connectivity index (χ0v) is 24.5. The summed E-state index contributed by atoms with van der Waals surface area (Å²) in [5, 5.41) is 7.16. The van der Waals surface area contributed by atoms with E-state index in [2.05, 4.69) is 174 Å². The molecule has 0 aromatic heterocycles. The van der Waals surface area contributed by atoms with Crippen molar-refractivity contribution in [2.24, 2.45) is 0 Å². The van der Waals surface area contributed by atoms with Crippen LogP contribution in [0.1, 0.15) is 52.7 Å². The SMILES string of the molecule is CC(C)(C)c1ccc(Nc2ccc(-c3ccc(Nc4ccc(C(C)(C)C)cc4)cc3-c3ccccc3)cc2)cc1. The lowest BCUT2D eigenvalue weighted by molar-refractivity contribution is 0.590. The summed E-state index contributed by atoms with van der Waals surface area (Å²) < 4.78 is 0. The molecule has 0 spiro atoms. The van der Waals surface area contributed by atoms with Crippen LogP contribution >= 0.6 is 0 Å².